The molecule has 1 heterocycles. The minimum atomic E-state index is -5.08. The van der Waals surface area contributed by atoms with E-state index in [0.717, 1.165) is 6.92 Å². The molecule has 24 N–H and O–H groups in total. The Morgan fingerprint density at radius 1 is 0.651 bits per heavy atom. The average Bonchev–Trinajstić information content (AvgIpc) is 0.812. The summed E-state index contributed by atoms with van der Waals surface area (Å²) >= 11 is 0. The number of nitrogens with one attached hydrogen (secondary N) is 10. The topological polar surface area (TPSA) is 633 Å². The number of carbonyl (C=O) groups excluding carboxylic acids is 13. The Balaban J connectivity index is 0.00000753. The van der Waals surface area contributed by atoms with Crippen molar-refractivity contribution >= 4 is 94.8 Å². The number of esters is 2. The third-order valence-corrected chi connectivity index (χ3v) is 15.1. The lowest BCUT2D eigenvalue weighted by Crippen LogP contribution is -2.64. The van der Waals surface area contributed by atoms with Crippen LogP contribution in [0.2, 0.25) is 0 Å². The largest absolute Gasteiger partial charge is 0.490 e. The van der Waals surface area contributed by atoms with Gasteiger partial charge < -0.3 is 116 Å². The second-order valence-corrected chi connectivity index (χ2v) is 28.0. The lowest BCUT2D eigenvalue weighted by Gasteiger charge is -2.33. The quantitative estimate of drug-likeness (QED) is 0.0173. The van der Waals surface area contributed by atoms with Crippen molar-refractivity contribution in [2.75, 3.05) is 19.7 Å². The number of halogens is 6. The zero-order valence-electron chi connectivity index (χ0n) is 62.2. The maximum absolute atomic E-state index is 15.5. The van der Waals surface area contributed by atoms with Gasteiger partial charge in [-0.1, -0.05) is 99.1 Å². The number of guanidine groups is 1. The van der Waals surface area contributed by atoms with Crippen molar-refractivity contribution in [2.24, 2.45) is 51.1 Å². The molecule has 0 bridgehead atoms. The summed E-state index contributed by atoms with van der Waals surface area (Å²) in [7, 11) is 0. The van der Waals surface area contributed by atoms with Crippen molar-refractivity contribution in [1.29, 1.82) is 0 Å². The molecule has 0 aliphatic carbocycles. The number of carboxylic acids is 2. The number of aliphatic hydroxyl groups excluding tert-OH is 4. The Kier molecular flexibility index (Phi) is 40.9. The molecule has 44 heteroatoms. The summed E-state index contributed by atoms with van der Waals surface area (Å²) in [6.07, 6.45) is -19.6. The number of primary amides is 1. The van der Waals surface area contributed by atoms with Gasteiger partial charge >= 0.3 is 36.2 Å². The first-order valence-electron chi connectivity index (χ1n) is 33.7. The smallest absolute Gasteiger partial charge is 0.475 e. The molecule has 618 valence electrons. The van der Waals surface area contributed by atoms with Crippen LogP contribution in [0.3, 0.4) is 0 Å². The van der Waals surface area contributed by atoms with Crippen LogP contribution in [0.1, 0.15) is 140 Å². The zero-order chi connectivity index (χ0) is 84.7. The second-order valence-electron chi connectivity index (χ2n) is 28.0. The van der Waals surface area contributed by atoms with Crippen molar-refractivity contribution in [1.82, 2.24) is 53.2 Å². The van der Waals surface area contributed by atoms with E-state index in [1.165, 1.54) is 65.0 Å². The van der Waals surface area contributed by atoms with Gasteiger partial charge in [-0.15, -0.1) is 0 Å². The van der Waals surface area contributed by atoms with E-state index in [2.05, 4.69) is 47.5 Å². The van der Waals surface area contributed by atoms with Gasteiger partial charge in [0.2, 0.25) is 65.0 Å². The van der Waals surface area contributed by atoms with Gasteiger partial charge in [-0.2, -0.15) is 26.3 Å². The number of hydrogen-bond acceptors (Lipinski definition) is 23. The van der Waals surface area contributed by atoms with Crippen molar-refractivity contribution in [3.8, 4) is 0 Å². The molecule has 38 nitrogen and oxygen atoms in total. The fourth-order valence-electron chi connectivity index (χ4n) is 9.44. The zero-order valence-corrected chi connectivity index (χ0v) is 62.2. The van der Waals surface area contributed by atoms with E-state index in [4.69, 9.17) is 52.2 Å². The molecule has 1 aromatic rings. The molecular formula is C65H103F6N15O23. The fourth-order valence-corrected chi connectivity index (χ4v) is 9.44. The number of rotatable bonds is 22. The van der Waals surface area contributed by atoms with Crippen LogP contribution < -0.4 is 76.1 Å². The Morgan fingerprint density at radius 2 is 1.14 bits per heavy atom. The van der Waals surface area contributed by atoms with Gasteiger partial charge in [-0.3, -0.25) is 62.5 Å². The maximum Gasteiger partial charge on any atom is 0.490 e. The Bertz CT molecular complexity index is 3290. The summed E-state index contributed by atoms with van der Waals surface area (Å²) in [6, 6.07) is -12.2. The van der Waals surface area contributed by atoms with Gasteiger partial charge in [0, 0.05) is 6.54 Å². The van der Waals surface area contributed by atoms with Crippen LogP contribution in [0, 0.1) is 23.2 Å². The number of carbonyl (C=O) groups is 15. The van der Waals surface area contributed by atoms with E-state index in [1.807, 2.05) is 10.6 Å². The number of aliphatic hydroxyl groups is 4. The number of amides is 11. The molecule has 1 unspecified atom stereocenters. The Labute approximate surface area is 622 Å². The number of nitrogens with two attached hydrogens (primary N) is 4. The number of carboxylic acid groups (broad SMARTS) is 2. The van der Waals surface area contributed by atoms with E-state index in [9.17, 15) is 104 Å². The summed E-state index contributed by atoms with van der Waals surface area (Å²) in [5, 5.41) is 81.9. The molecule has 1 aromatic carbocycles. The number of aliphatic carboxylic acids is 2. The van der Waals surface area contributed by atoms with Crippen LogP contribution in [-0.4, -0.2) is 242 Å². The van der Waals surface area contributed by atoms with Gasteiger partial charge in [-0.25, -0.2) is 14.4 Å². The van der Waals surface area contributed by atoms with Crippen LogP contribution in [0.5, 0.6) is 0 Å². The molecule has 1 saturated heterocycles. The normalized spacial score (nSPS) is 22.6. The molecule has 0 spiro atoms. The minimum Gasteiger partial charge on any atom is -0.475 e. The first-order valence-corrected chi connectivity index (χ1v) is 33.7. The van der Waals surface area contributed by atoms with E-state index in [-0.39, 0.29) is 50.2 Å². The second kappa shape index (κ2) is 45.0. The summed E-state index contributed by atoms with van der Waals surface area (Å²) in [4.78, 5) is 206. The highest BCUT2D eigenvalue weighted by atomic mass is 19.4. The van der Waals surface area contributed by atoms with E-state index < -0.39 is 234 Å². The first-order chi connectivity index (χ1) is 49.9. The highest BCUT2D eigenvalue weighted by molar-refractivity contribution is 6.01. The third kappa shape index (κ3) is 37.1. The van der Waals surface area contributed by atoms with Crippen LogP contribution in [-0.2, 0) is 81.4 Å². The van der Waals surface area contributed by atoms with E-state index >= 15 is 4.79 Å². The summed E-state index contributed by atoms with van der Waals surface area (Å²) in [6.45, 7) is 17.9. The highest BCUT2D eigenvalue weighted by Gasteiger charge is 2.45. The van der Waals surface area contributed by atoms with Crippen LogP contribution in [0.15, 0.2) is 35.3 Å². The molecule has 2 rings (SSSR count). The standard InChI is InChI=1S/C61H101N15O19.2C2HF3O2/c1-14-30(6)40-54(89)74-41(31(7)78)53(88)67-26-38(79)72-43(46(82)48(63)83)56(91)71-37(27-77)58(93)94-47(32-19-16-15-17-20-32)44(76-52(87)36(24-39(80)95-61(11,12)13)69-49(84)33(62)25-60(8,9)10)57(92)75-42(45(81)29(4)5)55(90)70-35(23-28(2)3)51(86)68-34(50(85)73-40)21-18-22-66-59(64)65;2*3-2(4,5)1(6)7/h15-17,19-20,28-31,33-37,40-47,77-78,81-82H,14,18,21-27,62H2,1-13H3,(H2,63,83)(H,67,88)(H,68,86)(H,69,84)(H,70,90)(H,71,91)(H,72,79)(H,73,85)(H,74,89)(H,75,92)(H,76,87)(H4,64,65,66);2*(H,6,7)/t30-,31-,33+,34+,35-,36-,37-,40?,41-,42-,43-,44-,45+,46-,47+;;/m0../s1. The van der Waals surface area contributed by atoms with Gasteiger partial charge in [0.15, 0.2) is 24.2 Å². The number of hydrogen-bond donors (Lipinski definition) is 20. The van der Waals surface area contributed by atoms with Crippen LogP contribution in [0.4, 0.5) is 26.3 Å². The molecule has 15 atom stereocenters. The Hall–Kier alpha value is -10.1. The van der Waals surface area contributed by atoms with Gasteiger partial charge in [0.25, 0.3) is 0 Å². The van der Waals surface area contributed by atoms with E-state index in [1.54, 1.807) is 48.5 Å². The van der Waals surface area contributed by atoms with E-state index in [0.29, 0.717) is 0 Å². The summed E-state index contributed by atoms with van der Waals surface area (Å²) in [5.41, 5.74) is 20.9. The number of aliphatic imine (C=N–C) groups is 1. The molecule has 0 radical (unpaired) electrons. The SMILES string of the molecule is CC[C@H](C)C1NC(=O)[C@@H](CCCN=C(N)N)NC(=O)[C@H](CC(C)C)NC(=O)[C@H]([C@H](O)C(C)C)NC(=O)[C@@H](NC(=O)[C@H](CC(=O)OC(C)(C)C)NC(=O)[C@H](N)CC(C)(C)C)[C@@H](c2ccccc2)OC(=O)[C@H](CO)NC(=O)[C@H]([C@H](O)C(N)=O)NC(=O)CNC(=O)[C@H]([C@H](C)O)NC1=O.O=C(O)C(F)(F)F.O=C(O)C(F)(F)F. The molecule has 1 aliphatic rings. The molecule has 1 fully saturated rings. The van der Waals surface area contributed by atoms with Gasteiger partial charge in [-0.05, 0) is 82.1 Å². The van der Waals surface area contributed by atoms with Crippen molar-refractivity contribution < 1.29 is 138 Å². The Morgan fingerprint density at radius 3 is 1.60 bits per heavy atom. The third-order valence-electron chi connectivity index (χ3n) is 15.1. The highest BCUT2D eigenvalue weighted by Crippen LogP contribution is 2.26. The maximum atomic E-state index is 15.5. The predicted octanol–water partition coefficient (Wildman–Crippen LogP) is -4.09. The van der Waals surface area contributed by atoms with Gasteiger partial charge in [0.1, 0.15) is 53.9 Å². The minimum absolute atomic E-state index is 0.0214. The fraction of sp³-hybridized carbons (Fsp3) is 0.662. The summed E-state index contributed by atoms with van der Waals surface area (Å²) < 4.78 is 74.9. The van der Waals surface area contributed by atoms with Crippen molar-refractivity contribution in [3.63, 3.8) is 0 Å². The molecule has 11 amide bonds. The number of alkyl halides is 6. The molecule has 1 aliphatic heterocycles. The van der Waals surface area contributed by atoms with Crippen molar-refractivity contribution in [2.45, 2.75) is 231 Å². The van der Waals surface area contributed by atoms with Crippen LogP contribution in [0.25, 0.3) is 0 Å². The summed E-state index contributed by atoms with van der Waals surface area (Å²) in [5.74, 6) is -24.5. The van der Waals surface area contributed by atoms with Crippen molar-refractivity contribution in [3.05, 3.63) is 35.9 Å². The van der Waals surface area contributed by atoms with Gasteiger partial charge in [0.05, 0.1) is 37.8 Å². The number of ether oxygens (including phenoxy) is 2. The van der Waals surface area contributed by atoms with Crippen LogP contribution >= 0.6 is 0 Å². The number of cyclic esters (lactones) is 1. The lowest BCUT2D eigenvalue weighted by molar-refractivity contribution is -0.193. The molecular weight excluding hydrogens is 1470 g/mol. The average molecular weight is 1580 g/mol. The number of benzene rings is 1. The first kappa shape index (κ1) is 98.9. The lowest BCUT2D eigenvalue weighted by atomic mass is 9.88. The number of nitrogens with zero attached hydrogens (tertiary/aromatic N) is 1. The molecule has 0 aromatic heterocycles. The predicted molar refractivity (Wildman–Crippen MR) is 369 cm³/mol. The molecule has 0 saturated carbocycles. The molecule has 109 heavy (non-hydrogen) atoms. The monoisotopic (exact) mass is 1580 g/mol.